The molecule has 0 unspecified atom stereocenters. The first-order chi connectivity index (χ1) is 8.88. The van der Waals surface area contributed by atoms with E-state index in [0.717, 1.165) is 0 Å². The molecule has 0 saturated heterocycles. The van der Waals surface area contributed by atoms with Crippen molar-refractivity contribution in [1.82, 2.24) is 0 Å². The number of amides is 1. The van der Waals surface area contributed by atoms with Gasteiger partial charge < -0.3 is 15.8 Å². The van der Waals surface area contributed by atoms with Crippen LogP contribution in [0.5, 0.6) is 5.75 Å². The molecule has 0 heterocycles. The molecular weight excluding hydrogens is 244 g/mol. The highest BCUT2D eigenvalue weighted by Crippen LogP contribution is 2.16. The maximum atomic E-state index is 11.7. The molecule has 1 rings (SSSR count). The Bertz CT molecular complexity index is 441. The molecule has 0 fully saturated rings. The molecule has 0 bridgehead atoms. The predicted octanol–water partition coefficient (Wildman–Crippen LogP) is 1.92. The van der Waals surface area contributed by atoms with E-state index in [2.05, 4.69) is 5.32 Å². The molecule has 0 spiro atoms. The van der Waals surface area contributed by atoms with Gasteiger partial charge in [0.25, 0.3) is 0 Å². The Morgan fingerprint density at radius 2 is 1.84 bits per heavy atom. The van der Waals surface area contributed by atoms with E-state index in [1.807, 2.05) is 13.8 Å². The topological polar surface area (TPSA) is 81.4 Å². The fourth-order valence-corrected chi connectivity index (χ4v) is 1.61. The first-order valence-electron chi connectivity index (χ1n) is 6.23. The van der Waals surface area contributed by atoms with Crippen LogP contribution in [0.3, 0.4) is 0 Å². The Morgan fingerprint density at radius 3 is 2.32 bits per heavy atom. The van der Waals surface area contributed by atoms with Crippen molar-refractivity contribution in [3.63, 3.8) is 0 Å². The second kappa shape index (κ2) is 6.89. The zero-order valence-corrected chi connectivity index (χ0v) is 11.5. The normalized spacial score (nSPS) is 12.1. The van der Waals surface area contributed by atoms with Crippen LogP contribution in [0.1, 0.15) is 27.2 Å². The van der Waals surface area contributed by atoms with Crippen LogP contribution in [0, 0.1) is 5.92 Å². The highest BCUT2D eigenvalue weighted by atomic mass is 16.5. The van der Waals surface area contributed by atoms with Crippen LogP contribution in [0.25, 0.3) is 0 Å². The lowest BCUT2D eigenvalue weighted by atomic mass is 10.1. The first kappa shape index (κ1) is 15.2. The molecule has 1 aromatic carbocycles. The molecule has 5 nitrogen and oxygen atoms in total. The van der Waals surface area contributed by atoms with Gasteiger partial charge in [0.15, 0.2) is 0 Å². The molecule has 19 heavy (non-hydrogen) atoms. The van der Waals surface area contributed by atoms with Crippen molar-refractivity contribution in [2.45, 2.75) is 33.2 Å². The van der Waals surface area contributed by atoms with Gasteiger partial charge in [-0.1, -0.05) is 13.8 Å². The molecule has 0 saturated carbocycles. The van der Waals surface area contributed by atoms with Crippen molar-refractivity contribution >= 4 is 17.6 Å². The van der Waals surface area contributed by atoms with E-state index in [-0.39, 0.29) is 5.91 Å². The molecule has 5 heteroatoms. The van der Waals surface area contributed by atoms with Crippen LogP contribution in [-0.2, 0) is 9.59 Å². The van der Waals surface area contributed by atoms with Crippen LogP contribution < -0.4 is 15.8 Å². The maximum Gasteiger partial charge on any atom is 0.328 e. The zero-order valence-electron chi connectivity index (χ0n) is 11.5. The minimum absolute atomic E-state index is 0.149. The number of nitrogens with one attached hydrogen (secondary N) is 1. The first-order valence-corrected chi connectivity index (χ1v) is 6.23. The fourth-order valence-electron chi connectivity index (χ4n) is 1.61. The minimum Gasteiger partial charge on any atom is -0.425 e. The molecule has 0 radical (unpaired) electrons. The number of ether oxygens (including phenoxy) is 1. The van der Waals surface area contributed by atoms with E-state index in [4.69, 9.17) is 10.5 Å². The van der Waals surface area contributed by atoms with Crippen molar-refractivity contribution in [3.8, 4) is 5.75 Å². The molecule has 0 aromatic heterocycles. The maximum absolute atomic E-state index is 11.7. The third-order valence-electron chi connectivity index (χ3n) is 2.42. The van der Waals surface area contributed by atoms with Gasteiger partial charge in [0.1, 0.15) is 11.8 Å². The molecule has 1 atom stereocenters. The summed E-state index contributed by atoms with van der Waals surface area (Å²) in [5, 5.41) is 2.63. The van der Waals surface area contributed by atoms with Crippen molar-refractivity contribution in [1.29, 1.82) is 0 Å². The number of carbonyl (C=O) groups is 2. The predicted molar refractivity (Wildman–Crippen MR) is 73.8 cm³/mol. The quantitative estimate of drug-likeness (QED) is 0.629. The van der Waals surface area contributed by atoms with Gasteiger partial charge in [-0.15, -0.1) is 0 Å². The Balaban J connectivity index is 2.57. The van der Waals surface area contributed by atoms with Gasteiger partial charge in [-0.25, -0.2) is 4.79 Å². The van der Waals surface area contributed by atoms with Gasteiger partial charge in [-0.3, -0.25) is 4.79 Å². The monoisotopic (exact) mass is 264 g/mol. The van der Waals surface area contributed by atoms with Crippen LogP contribution in [0.15, 0.2) is 24.3 Å². The van der Waals surface area contributed by atoms with E-state index < -0.39 is 12.0 Å². The van der Waals surface area contributed by atoms with Gasteiger partial charge in [0.2, 0.25) is 5.91 Å². The van der Waals surface area contributed by atoms with Gasteiger partial charge in [-0.05, 0) is 36.6 Å². The van der Waals surface area contributed by atoms with E-state index in [1.54, 1.807) is 24.3 Å². The Kier molecular flexibility index (Phi) is 5.51. The van der Waals surface area contributed by atoms with Gasteiger partial charge in [0, 0.05) is 12.6 Å². The lowest BCUT2D eigenvalue weighted by Crippen LogP contribution is -2.35. The second-order valence-corrected chi connectivity index (χ2v) is 4.86. The summed E-state index contributed by atoms with van der Waals surface area (Å²) in [4.78, 5) is 22.5. The molecule has 1 amide bonds. The highest BCUT2D eigenvalue weighted by Gasteiger charge is 2.17. The zero-order chi connectivity index (χ0) is 14.4. The minimum atomic E-state index is -0.616. The number of rotatable bonds is 5. The molecular formula is C14H20N2O3. The Morgan fingerprint density at radius 1 is 1.26 bits per heavy atom. The Labute approximate surface area is 113 Å². The SMILES string of the molecule is CC(=O)Nc1ccc(OC(=O)[C@@H](N)CC(C)C)cc1. The van der Waals surface area contributed by atoms with Crippen LogP contribution in [0.2, 0.25) is 0 Å². The molecule has 0 aliphatic rings. The summed E-state index contributed by atoms with van der Waals surface area (Å²) in [6.45, 7) is 5.42. The van der Waals surface area contributed by atoms with Crippen molar-refractivity contribution in [2.24, 2.45) is 11.7 Å². The highest BCUT2D eigenvalue weighted by molar-refractivity contribution is 5.88. The smallest absolute Gasteiger partial charge is 0.328 e. The van der Waals surface area contributed by atoms with E-state index >= 15 is 0 Å². The molecule has 0 aliphatic carbocycles. The molecule has 104 valence electrons. The number of esters is 1. The number of hydrogen-bond acceptors (Lipinski definition) is 4. The number of hydrogen-bond donors (Lipinski definition) is 2. The second-order valence-electron chi connectivity index (χ2n) is 4.86. The van der Waals surface area contributed by atoms with Crippen molar-refractivity contribution in [3.05, 3.63) is 24.3 Å². The lowest BCUT2D eigenvalue weighted by molar-refractivity contribution is -0.136. The van der Waals surface area contributed by atoms with E-state index in [0.29, 0.717) is 23.8 Å². The Hall–Kier alpha value is -1.88. The van der Waals surface area contributed by atoms with Gasteiger partial charge in [-0.2, -0.15) is 0 Å². The third-order valence-corrected chi connectivity index (χ3v) is 2.42. The number of nitrogens with two attached hydrogens (primary N) is 1. The largest absolute Gasteiger partial charge is 0.425 e. The summed E-state index contributed by atoms with van der Waals surface area (Å²) in [7, 11) is 0. The number of carbonyl (C=O) groups excluding carboxylic acids is 2. The van der Waals surface area contributed by atoms with Gasteiger partial charge >= 0.3 is 5.97 Å². The molecule has 1 aromatic rings. The van der Waals surface area contributed by atoms with Crippen LogP contribution in [0.4, 0.5) is 5.69 Å². The van der Waals surface area contributed by atoms with Crippen molar-refractivity contribution in [2.75, 3.05) is 5.32 Å². The van der Waals surface area contributed by atoms with Crippen LogP contribution in [-0.4, -0.2) is 17.9 Å². The average Bonchev–Trinajstić information content (AvgIpc) is 2.30. The number of anilines is 1. The molecule has 0 aliphatic heterocycles. The summed E-state index contributed by atoms with van der Waals surface area (Å²) in [6.07, 6.45) is 0.586. The summed E-state index contributed by atoms with van der Waals surface area (Å²) in [5.41, 5.74) is 6.38. The summed E-state index contributed by atoms with van der Waals surface area (Å²) >= 11 is 0. The van der Waals surface area contributed by atoms with Gasteiger partial charge in [0.05, 0.1) is 0 Å². The fraction of sp³-hybridized carbons (Fsp3) is 0.429. The van der Waals surface area contributed by atoms with E-state index in [9.17, 15) is 9.59 Å². The van der Waals surface area contributed by atoms with E-state index in [1.165, 1.54) is 6.92 Å². The molecule has 3 N–H and O–H groups in total. The summed E-state index contributed by atoms with van der Waals surface area (Å²) < 4.78 is 5.16. The standard InChI is InChI=1S/C14H20N2O3/c1-9(2)8-13(15)14(18)19-12-6-4-11(5-7-12)16-10(3)17/h4-7,9,13H,8,15H2,1-3H3,(H,16,17)/t13-/m0/s1. The van der Waals surface area contributed by atoms with Crippen molar-refractivity contribution < 1.29 is 14.3 Å². The summed E-state index contributed by atoms with van der Waals surface area (Å²) in [6, 6.07) is 5.95. The van der Waals surface area contributed by atoms with Crippen LogP contribution >= 0.6 is 0 Å². The lowest BCUT2D eigenvalue weighted by Gasteiger charge is -2.13. The average molecular weight is 264 g/mol. The number of benzene rings is 1. The summed E-state index contributed by atoms with van der Waals surface area (Å²) in [5.74, 6) is 0.160. The third kappa shape index (κ3) is 5.52.